The zero-order chi connectivity index (χ0) is 21.5. The van der Waals surface area contributed by atoms with Crippen LogP contribution < -0.4 is 15.4 Å². The van der Waals surface area contributed by atoms with E-state index in [-0.39, 0.29) is 17.2 Å². The molecule has 3 aromatic rings. The van der Waals surface area contributed by atoms with Crippen LogP contribution in [0.4, 0.5) is 11.4 Å². The van der Waals surface area contributed by atoms with E-state index in [4.69, 9.17) is 4.74 Å². The minimum Gasteiger partial charge on any atom is -0.481 e. The smallest absolute Gasteiger partial charge is 0.337 e. The maximum absolute atomic E-state index is 12.4. The summed E-state index contributed by atoms with van der Waals surface area (Å²) in [7, 11) is 0. The predicted molar refractivity (Wildman–Crippen MR) is 113 cm³/mol. The lowest BCUT2D eigenvalue weighted by Gasteiger charge is -2.15. The third-order valence-corrected chi connectivity index (χ3v) is 4.25. The molecule has 0 spiro atoms. The van der Waals surface area contributed by atoms with Crippen LogP contribution in [-0.2, 0) is 4.79 Å². The van der Waals surface area contributed by atoms with Gasteiger partial charge in [0.2, 0.25) is 0 Å². The summed E-state index contributed by atoms with van der Waals surface area (Å²) >= 11 is 0. The van der Waals surface area contributed by atoms with Crippen molar-refractivity contribution in [2.24, 2.45) is 0 Å². The van der Waals surface area contributed by atoms with E-state index in [0.29, 0.717) is 17.0 Å². The summed E-state index contributed by atoms with van der Waals surface area (Å²) in [6.07, 6.45) is -0.706. The Morgan fingerprint density at radius 1 is 0.833 bits per heavy atom. The minimum absolute atomic E-state index is 0.00198. The Balaban J connectivity index is 1.61. The maximum Gasteiger partial charge on any atom is 0.337 e. The van der Waals surface area contributed by atoms with Gasteiger partial charge in [-0.2, -0.15) is 0 Å². The third-order valence-electron chi connectivity index (χ3n) is 4.25. The van der Waals surface area contributed by atoms with E-state index in [1.165, 1.54) is 24.3 Å². The first-order valence-electron chi connectivity index (χ1n) is 9.20. The lowest BCUT2D eigenvalue weighted by atomic mass is 10.1. The first kappa shape index (κ1) is 20.6. The van der Waals surface area contributed by atoms with Gasteiger partial charge in [0.1, 0.15) is 5.75 Å². The van der Waals surface area contributed by atoms with Crippen molar-refractivity contribution in [2.45, 2.75) is 13.0 Å². The number of aromatic carboxylic acids is 1. The molecule has 0 radical (unpaired) electrons. The molecule has 0 bridgehead atoms. The van der Waals surface area contributed by atoms with Crippen LogP contribution in [0.15, 0.2) is 78.9 Å². The Bertz CT molecular complexity index is 1050. The highest BCUT2D eigenvalue weighted by Crippen LogP contribution is 2.18. The Hall–Kier alpha value is -4.13. The standard InChI is InChI=1S/C23H20N2O5/c1-15(30-18-7-3-2-4-8-18)21(26)24-17-13-11-16(12-14-17)22(27)25-20-10-6-5-9-19(20)23(28)29/h2-15H,1H3,(H,24,26)(H,25,27)(H,28,29). The van der Waals surface area contributed by atoms with Crippen LogP contribution >= 0.6 is 0 Å². The van der Waals surface area contributed by atoms with E-state index in [0.717, 1.165) is 0 Å². The first-order chi connectivity index (χ1) is 14.4. The highest BCUT2D eigenvalue weighted by molar-refractivity contribution is 6.08. The average molecular weight is 404 g/mol. The molecule has 0 aromatic heterocycles. The van der Waals surface area contributed by atoms with Gasteiger partial charge in [-0.05, 0) is 55.5 Å². The lowest BCUT2D eigenvalue weighted by Crippen LogP contribution is -2.30. The number of carboxylic acid groups (broad SMARTS) is 1. The molecular formula is C23H20N2O5. The molecule has 7 heteroatoms. The number of carboxylic acids is 1. The molecule has 0 aliphatic carbocycles. The second-order valence-corrected chi connectivity index (χ2v) is 6.44. The summed E-state index contributed by atoms with van der Waals surface area (Å²) in [6, 6.07) is 21.4. The normalized spacial score (nSPS) is 11.2. The molecule has 152 valence electrons. The molecule has 3 N–H and O–H groups in total. The van der Waals surface area contributed by atoms with Gasteiger partial charge < -0.3 is 20.5 Å². The largest absolute Gasteiger partial charge is 0.481 e. The van der Waals surface area contributed by atoms with Crippen LogP contribution in [0.5, 0.6) is 5.75 Å². The molecule has 30 heavy (non-hydrogen) atoms. The van der Waals surface area contributed by atoms with E-state index >= 15 is 0 Å². The summed E-state index contributed by atoms with van der Waals surface area (Å²) in [5.74, 6) is -1.32. The number of ether oxygens (including phenoxy) is 1. The minimum atomic E-state index is -1.13. The number of benzene rings is 3. The van der Waals surface area contributed by atoms with Crippen molar-refractivity contribution in [3.8, 4) is 5.75 Å². The molecule has 2 amide bonds. The van der Waals surface area contributed by atoms with Crippen molar-refractivity contribution in [1.29, 1.82) is 0 Å². The first-order valence-corrected chi connectivity index (χ1v) is 9.20. The number of carbonyl (C=O) groups excluding carboxylic acids is 2. The molecule has 0 heterocycles. The van der Waals surface area contributed by atoms with Gasteiger partial charge in [-0.15, -0.1) is 0 Å². The number of anilines is 2. The van der Waals surface area contributed by atoms with E-state index < -0.39 is 18.0 Å². The van der Waals surface area contributed by atoms with Crippen LogP contribution in [0.1, 0.15) is 27.6 Å². The molecule has 1 unspecified atom stereocenters. The Morgan fingerprint density at radius 2 is 1.47 bits per heavy atom. The van der Waals surface area contributed by atoms with Crippen molar-refractivity contribution in [3.63, 3.8) is 0 Å². The van der Waals surface area contributed by atoms with Gasteiger partial charge in [0.15, 0.2) is 6.10 Å². The van der Waals surface area contributed by atoms with Crippen molar-refractivity contribution in [2.75, 3.05) is 10.6 Å². The average Bonchev–Trinajstić information content (AvgIpc) is 2.75. The molecule has 3 rings (SSSR count). The lowest BCUT2D eigenvalue weighted by molar-refractivity contribution is -0.122. The van der Waals surface area contributed by atoms with Crippen LogP contribution in [0.2, 0.25) is 0 Å². The second kappa shape index (κ2) is 9.38. The highest BCUT2D eigenvalue weighted by Gasteiger charge is 2.16. The van der Waals surface area contributed by atoms with Crippen LogP contribution in [0, 0.1) is 0 Å². The quantitative estimate of drug-likeness (QED) is 0.551. The summed E-state index contributed by atoms with van der Waals surface area (Å²) in [6.45, 7) is 1.64. The van der Waals surface area contributed by atoms with Crippen molar-refractivity contribution in [1.82, 2.24) is 0 Å². The van der Waals surface area contributed by atoms with Gasteiger partial charge in [-0.1, -0.05) is 30.3 Å². The van der Waals surface area contributed by atoms with Gasteiger partial charge in [0.05, 0.1) is 11.3 Å². The van der Waals surface area contributed by atoms with Crippen molar-refractivity contribution < 1.29 is 24.2 Å². The third kappa shape index (κ3) is 5.23. The second-order valence-electron chi connectivity index (χ2n) is 6.44. The SMILES string of the molecule is CC(Oc1ccccc1)C(=O)Nc1ccc(C(=O)Nc2ccccc2C(=O)O)cc1. The number of nitrogens with one attached hydrogen (secondary N) is 2. The maximum atomic E-state index is 12.4. The van der Waals surface area contributed by atoms with Gasteiger partial charge in [0, 0.05) is 11.3 Å². The fraction of sp³-hybridized carbons (Fsp3) is 0.0870. The number of hydrogen-bond donors (Lipinski definition) is 3. The van der Waals surface area contributed by atoms with Crippen molar-refractivity contribution in [3.05, 3.63) is 90.0 Å². The highest BCUT2D eigenvalue weighted by atomic mass is 16.5. The summed E-state index contributed by atoms with van der Waals surface area (Å²) in [4.78, 5) is 36.0. The molecule has 0 aliphatic rings. The van der Waals surface area contributed by atoms with Crippen molar-refractivity contribution >= 4 is 29.2 Å². The molecular weight excluding hydrogens is 384 g/mol. The van der Waals surface area contributed by atoms with Crippen LogP contribution in [0.25, 0.3) is 0 Å². The number of carbonyl (C=O) groups is 3. The molecule has 1 atom stereocenters. The van der Waals surface area contributed by atoms with E-state index in [1.54, 1.807) is 43.3 Å². The molecule has 0 fully saturated rings. The van der Waals surface area contributed by atoms with Gasteiger partial charge in [-0.3, -0.25) is 9.59 Å². The summed E-state index contributed by atoms with van der Waals surface area (Å²) in [5, 5.41) is 14.5. The molecule has 3 aromatic carbocycles. The zero-order valence-electron chi connectivity index (χ0n) is 16.2. The number of amides is 2. The number of hydrogen-bond acceptors (Lipinski definition) is 4. The number of rotatable bonds is 7. The zero-order valence-corrected chi connectivity index (χ0v) is 16.2. The fourth-order valence-corrected chi connectivity index (χ4v) is 2.68. The summed E-state index contributed by atoms with van der Waals surface area (Å²) in [5.41, 5.74) is 1.04. The van der Waals surface area contributed by atoms with Gasteiger partial charge in [0.25, 0.3) is 11.8 Å². The van der Waals surface area contributed by atoms with Crippen LogP contribution in [-0.4, -0.2) is 29.0 Å². The van der Waals surface area contributed by atoms with E-state index in [1.807, 2.05) is 18.2 Å². The summed E-state index contributed by atoms with van der Waals surface area (Å²) < 4.78 is 5.58. The molecule has 0 aliphatic heterocycles. The molecule has 0 saturated heterocycles. The Labute approximate surface area is 173 Å². The topological polar surface area (TPSA) is 105 Å². The molecule has 0 saturated carbocycles. The van der Waals surface area contributed by atoms with E-state index in [9.17, 15) is 19.5 Å². The predicted octanol–water partition coefficient (Wildman–Crippen LogP) is 4.04. The number of para-hydroxylation sites is 2. The van der Waals surface area contributed by atoms with Crippen LogP contribution in [0.3, 0.4) is 0 Å². The Morgan fingerprint density at radius 3 is 2.13 bits per heavy atom. The van der Waals surface area contributed by atoms with Gasteiger partial charge in [-0.25, -0.2) is 4.79 Å². The van der Waals surface area contributed by atoms with Gasteiger partial charge >= 0.3 is 5.97 Å². The Kier molecular flexibility index (Phi) is 6.44. The molecule has 7 nitrogen and oxygen atoms in total. The monoisotopic (exact) mass is 404 g/mol. The van der Waals surface area contributed by atoms with E-state index in [2.05, 4.69) is 10.6 Å². The fourth-order valence-electron chi connectivity index (χ4n) is 2.68.